The van der Waals surface area contributed by atoms with Crippen LogP contribution in [0.2, 0.25) is 0 Å². The summed E-state index contributed by atoms with van der Waals surface area (Å²) in [5.74, 6) is 0.0310. The molecule has 2 amide bonds. The topological polar surface area (TPSA) is 65.8 Å². The number of nitrogens with zero attached hydrogens (tertiary/aromatic N) is 2. The van der Waals surface area contributed by atoms with Crippen LogP contribution in [0.3, 0.4) is 0 Å². The van der Waals surface area contributed by atoms with E-state index in [0.717, 1.165) is 13.1 Å². The number of nitrogens with one attached hydrogen (secondary N) is 1. The molecule has 6 heteroatoms. The highest BCUT2D eigenvalue weighted by molar-refractivity contribution is 5.93. The van der Waals surface area contributed by atoms with Crippen molar-refractivity contribution in [2.24, 2.45) is 0 Å². The Hall–Kier alpha value is -1.82. The molecule has 1 aliphatic rings. The van der Waals surface area contributed by atoms with Gasteiger partial charge in [0.1, 0.15) is 6.26 Å². The van der Waals surface area contributed by atoms with Crippen LogP contribution < -0.4 is 5.32 Å². The lowest BCUT2D eigenvalue weighted by Gasteiger charge is -2.34. The molecule has 1 fully saturated rings. The minimum Gasteiger partial charge on any atom is -0.472 e. The van der Waals surface area contributed by atoms with Gasteiger partial charge >= 0.3 is 0 Å². The summed E-state index contributed by atoms with van der Waals surface area (Å²) >= 11 is 0. The van der Waals surface area contributed by atoms with Gasteiger partial charge in [0.2, 0.25) is 5.91 Å². The van der Waals surface area contributed by atoms with E-state index in [1.807, 2.05) is 6.92 Å². The second-order valence-corrected chi connectivity index (χ2v) is 4.53. The minimum atomic E-state index is -0.00795. The molecule has 0 bridgehead atoms. The van der Waals surface area contributed by atoms with Crippen LogP contribution in [0.5, 0.6) is 0 Å². The Labute approximate surface area is 112 Å². The van der Waals surface area contributed by atoms with Gasteiger partial charge < -0.3 is 14.6 Å². The third-order valence-corrected chi connectivity index (χ3v) is 3.17. The maximum absolute atomic E-state index is 12.1. The van der Waals surface area contributed by atoms with Crippen molar-refractivity contribution in [3.8, 4) is 0 Å². The fourth-order valence-electron chi connectivity index (χ4n) is 2.13. The Morgan fingerprint density at radius 2 is 2.05 bits per heavy atom. The zero-order chi connectivity index (χ0) is 13.7. The molecule has 1 aromatic rings. The van der Waals surface area contributed by atoms with Crippen LogP contribution in [0.25, 0.3) is 0 Å². The molecule has 2 heterocycles. The first kappa shape index (κ1) is 13.6. The molecular formula is C13H19N3O3. The van der Waals surface area contributed by atoms with Crippen molar-refractivity contribution in [3.63, 3.8) is 0 Å². The quantitative estimate of drug-likeness (QED) is 0.843. The lowest BCUT2D eigenvalue weighted by atomic mass is 10.2. The van der Waals surface area contributed by atoms with E-state index >= 15 is 0 Å². The molecule has 0 atom stereocenters. The fourth-order valence-corrected chi connectivity index (χ4v) is 2.13. The van der Waals surface area contributed by atoms with Gasteiger partial charge in [-0.05, 0) is 13.0 Å². The molecule has 6 nitrogen and oxygen atoms in total. The van der Waals surface area contributed by atoms with E-state index in [9.17, 15) is 9.59 Å². The molecule has 0 aromatic carbocycles. The van der Waals surface area contributed by atoms with E-state index in [4.69, 9.17) is 4.42 Å². The summed E-state index contributed by atoms with van der Waals surface area (Å²) in [6, 6.07) is 1.67. The monoisotopic (exact) mass is 265 g/mol. The molecule has 1 saturated heterocycles. The Morgan fingerprint density at radius 3 is 2.63 bits per heavy atom. The molecule has 0 spiro atoms. The van der Waals surface area contributed by atoms with Crippen LogP contribution in [-0.4, -0.2) is 60.9 Å². The Kier molecular flexibility index (Phi) is 4.57. The van der Waals surface area contributed by atoms with E-state index < -0.39 is 0 Å². The van der Waals surface area contributed by atoms with Gasteiger partial charge in [0.25, 0.3) is 5.91 Å². The van der Waals surface area contributed by atoms with E-state index in [0.29, 0.717) is 31.7 Å². The van der Waals surface area contributed by atoms with Crippen LogP contribution in [0.15, 0.2) is 23.0 Å². The molecule has 1 aromatic heterocycles. The average molecular weight is 265 g/mol. The normalized spacial score (nSPS) is 16.4. The summed E-state index contributed by atoms with van der Waals surface area (Å²) in [6.45, 7) is 5.69. The molecule has 0 unspecified atom stereocenters. The van der Waals surface area contributed by atoms with E-state index in [-0.39, 0.29) is 11.8 Å². The molecule has 0 saturated carbocycles. The van der Waals surface area contributed by atoms with E-state index in [1.54, 1.807) is 11.0 Å². The number of amides is 2. The van der Waals surface area contributed by atoms with Crippen molar-refractivity contribution < 1.29 is 14.0 Å². The van der Waals surface area contributed by atoms with Crippen molar-refractivity contribution in [2.45, 2.75) is 6.92 Å². The van der Waals surface area contributed by atoms with Crippen LogP contribution in [0.1, 0.15) is 17.3 Å². The van der Waals surface area contributed by atoms with Crippen LogP contribution in [-0.2, 0) is 4.79 Å². The smallest absolute Gasteiger partial charge is 0.257 e. The van der Waals surface area contributed by atoms with E-state index in [2.05, 4.69) is 10.2 Å². The molecule has 0 aliphatic carbocycles. The third kappa shape index (κ3) is 3.57. The van der Waals surface area contributed by atoms with Crippen molar-refractivity contribution in [1.82, 2.24) is 15.1 Å². The van der Waals surface area contributed by atoms with Gasteiger partial charge in [0.05, 0.1) is 18.4 Å². The largest absolute Gasteiger partial charge is 0.472 e. The first-order valence-corrected chi connectivity index (χ1v) is 6.51. The summed E-state index contributed by atoms with van der Waals surface area (Å²) in [5, 5.41) is 2.78. The van der Waals surface area contributed by atoms with Crippen molar-refractivity contribution in [3.05, 3.63) is 24.2 Å². The lowest BCUT2D eigenvalue weighted by Crippen LogP contribution is -2.51. The van der Waals surface area contributed by atoms with Gasteiger partial charge in [-0.1, -0.05) is 0 Å². The van der Waals surface area contributed by atoms with Gasteiger partial charge in [-0.2, -0.15) is 0 Å². The summed E-state index contributed by atoms with van der Waals surface area (Å²) in [6.07, 6.45) is 2.96. The zero-order valence-electron chi connectivity index (χ0n) is 11.1. The van der Waals surface area contributed by atoms with Crippen LogP contribution in [0.4, 0.5) is 0 Å². The lowest BCUT2D eigenvalue weighted by molar-refractivity contribution is -0.122. The summed E-state index contributed by atoms with van der Waals surface area (Å²) < 4.78 is 4.92. The third-order valence-electron chi connectivity index (χ3n) is 3.17. The summed E-state index contributed by atoms with van der Waals surface area (Å²) in [4.78, 5) is 27.4. The number of carbonyl (C=O) groups excluding carboxylic acids is 2. The Balaban J connectivity index is 1.79. The minimum absolute atomic E-state index is 0.00795. The van der Waals surface area contributed by atoms with E-state index in [1.165, 1.54) is 12.5 Å². The zero-order valence-corrected chi connectivity index (χ0v) is 11.1. The predicted octanol–water partition coefficient (Wildman–Crippen LogP) is 0.174. The number of hydrogen-bond acceptors (Lipinski definition) is 4. The number of likely N-dealkylation sites (N-methyl/N-ethyl adjacent to an activating group) is 1. The van der Waals surface area contributed by atoms with Crippen LogP contribution in [0, 0.1) is 0 Å². The molecule has 104 valence electrons. The first-order chi connectivity index (χ1) is 9.20. The maximum atomic E-state index is 12.1. The summed E-state index contributed by atoms with van der Waals surface area (Å²) in [5.41, 5.74) is 0.581. The number of furan rings is 1. The molecular weight excluding hydrogens is 246 g/mol. The summed E-state index contributed by atoms with van der Waals surface area (Å²) in [7, 11) is 0. The average Bonchev–Trinajstić information content (AvgIpc) is 2.93. The molecule has 19 heavy (non-hydrogen) atoms. The van der Waals surface area contributed by atoms with Gasteiger partial charge in [-0.25, -0.2) is 0 Å². The SMILES string of the molecule is CCNC(=O)CN1CCN(C(=O)c2ccoc2)CC1. The van der Waals surface area contributed by atoms with Crippen molar-refractivity contribution >= 4 is 11.8 Å². The maximum Gasteiger partial charge on any atom is 0.257 e. The number of rotatable bonds is 4. The molecule has 2 rings (SSSR count). The van der Waals surface area contributed by atoms with Crippen LogP contribution >= 0.6 is 0 Å². The van der Waals surface area contributed by atoms with Crippen molar-refractivity contribution in [1.29, 1.82) is 0 Å². The Morgan fingerprint density at radius 1 is 1.32 bits per heavy atom. The highest BCUT2D eigenvalue weighted by Crippen LogP contribution is 2.09. The molecule has 0 radical (unpaired) electrons. The Bertz CT molecular complexity index is 422. The first-order valence-electron chi connectivity index (χ1n) is 6.51. The van der Waals surface area contributed by atoms with Crippen molar-refractivity contribution in [2.75, 3.05) is 39.3 Å². The van der Waals surface area contributed by atoms with Gasteiger partial charge in [-0.15, -0.1) is 0 Å². The number of hydrogen-bond donors (Lipinski definition) is 1. The highest BCUT2D eigenvalue weighted by atomic mass is 16.3. The molecule has 1 N–H and O–H groups in total. The second-order valence-electron chi connectivity index (χ2n) is 4.53. The van der Waals surface area contributed by atoms with Gasteiger partial charge in [0, 0.05) is 32.7 Å². The highest BCUT2D eigenvalue weighted by Gasteiger charge is 2.23. The number of carbonyl (C=O) groups is 2. The predicted molar refractivity (Wildman–Crippen MR) is 69.7 cm³/mol. The standard InChI is InChI=1S/C13H19N3O3/c1-2-14-12(17)9-15-4-6-16(7-5-15)13(18)11-3-8-19-10-11/h3,8,10H,2,4-7,9H2,1H3,(H,14,17). The molecule has 1 aliphatic heterocycles. The fraction of sp³-hybridized carbons (Fsp3) is 0.538. The second kappa shape index (κ2) is 6.38. The van der Waals surface area contributed by atoms with Gasteiger partial charge in [0.15, 0.2) is 0 Å². The number of piperazine rings is 1. The van der Waals surface area contributed by atoms with Gasteiger partial charge in [-0.3, -0.25) is 14.5 Å².